The molecule has 1 aliphatic rings. The van der Waals surface area contributed by atoms with E-state index in [0.717, 1.165) is 30.6 Å². The van der Waals surface area contributed by atoms with E-state index in [0.29, 0.717) is 32.1 Å². The summed E-state index contributed by atoms with van der Waals surface area (Å²) in [6.07, 6.45) is 3.35. The van der Waals surface area contributed by atoms with E-state index in [9.17, 15) is 4.79 Å². The van der Waals surface area contributed by atoms with Gasteiger partial charge in [0.2, 0.25) is 5.91 Å². The lowest BCUT2D eigenvalue weighted by Crippen LogP contribution is -2.51. The lowest BCUT2D eigenvalue weighted by Gasteiger charge is -2.25. The predicted octanol–water partition coefficient (Wildman–Crippen LogP) is 2.85. The van der Waals surface area contributed by atoms with Gasteiger partial charge in [0.1, 0.15) is 6.04 Å². The molecule has 0 aliphatic carbocycles. The van der Waals surface area contributed by atoms with Gasteiger partial charge in [-0.2, -0.15) is 0 Å². The molecular formula is C19H31ClN2O4. The van der Waals surface area contributed by atoms with Crippen molar-refractivity contribution in [2.45, 2.75) is 45.2 Å². The molecule has 26 heavy (non-hydrogen) atoms. The van der Waals surface area contributed by atoms with Crippen LogP contribution in [0.4, 0.5) is 0 Å². The van der Waals surface area contributed by atoms with Gasteiger partial charge in [-0.25, -0.2) is 0 Å². The Morgan fingerprint density at radius 3 is 2.85 bits per heavy atom. The summed E-state index contributed by atoms with van der Waals surface area (Å²) in [5.41, 5.74) is 0.975. The third-order valence-electron chi connectivity index (χ3n) is 4.29. The lowest BCUT2D eigenvalue weighted by molar-refractivity contribution is -0.126. The minimum absolute atomic E-state index is 0. The van der Waals surface area contributed by atoms with Crippen LogP contribution in [-0.2, 0) is 9.53 Å². The Morgan fingerprint density at radius 2 is 2.19 bits per heavy atom. The average Bonchev–Trinajstić information content (AvgIpc) is 2.65. The minimum atomic E-state index is -0.292. The Balaban J connectivity index is 0.00000338. The van der Waals surface area contributed by atoms with Gasteiger partial charge in [-0.05, 0) is 31.0 Å². The van der Waals surface area contributed by atoms with Crippen LogP contribution in [0.1, 0.15) is 44.7 Å². The van der Waals surface area contributed by atoms with E-state index < -0.39 is 0 Å². The van der Waals surface area contributed by atoms with Crippen molar-refractivity contribution in [2.24, 2.45) is 0 Å². The maximum absolute atomic E-state index is 12.3. The van der Waals surface area contributed by atoms with Crippen molar-refractivity contribution in [1.29, 1.82) is 0 Å². The molecule has 2 rings (SSSR count). The minimum Gasteiger partial charge on any atom is -0.493 e. The normalized spacial score (nSPS) is 17.7. The maximum atomic E-state index is 12.3. The number of methoxy groups -OCH3 is 1. The van der Waals surface area contributed by atoms with Gasteiger partial charge in [0.05, 0.1) is 33.0 Å². The van der Waals surface area contributed by atoms with Gasteiger partial charge in [0, 0.05) is 6.54 Å². The van der Waals surface area contributed by atoms with Crippen LogP contribution in [0.25, 0.3) is 0 Å². The third-order valence-corrected chi connectivity index (χ3v) is 4.29. The van der Waals surface area contributed by atoms with Gasteiger partial charge in [0.15, 0.2) is 11.5 Å². The molecule has 0 bridgehead atoms. The van der Waals surface area contributed by atoms with Crippen LogP contribution in [0.15, 0.2) is 18.2 Å². The fraction of sp³-hybridized carbons (Fsp3) is 0.632. The molecule has 1 aromatic rings. The fourth-order valence-corrected chi connectivity index (χ4v) is 2.74. The van der Waals surface area contributed by atoms with Crippen LogP contribution in [0.2, 0.25) is 0 Å². The first kappa shape index (κ1) is 22.5. The van der Waals surface area contributed by atoms with Gasteiger partial charge in [-0.1, -0.05) is 25.8 Å². The van der Waals surface area contributed by atoms with Crippen molar-refractivity contribution in [3.63, 3.8) is 0 Å². The van der Waals surface area contributed by atoms with Gasteiger partial charge in [-0.3, -0.25) is 4.79 Å². The molecular weight excluding hydrogens is 356 g/mol. The summed E-state index contributed by atoms with van der Waals surface area (Å²) in [4.78, 5) is 12.3. The highest BCUT2D eigenvalue weighted by Gasteiger charge is 2.23. The molecule has 1 fully saturated rings. The SMILES string of the molecule is CCCCCOc1ccc(C(C)NC(=O)C2COCCN2)cc1OC.Cl. The first-order valence-corrected chi connectivity index (χ1v) is 9.08. The molecule has 0 aromatic heterocycles. The van der Waals surface area contributed by atoms with Crippen molar-refractivity contribution < 1.29 is 19.0 Å². The molecule has 1 aromatic carbocycles. The molecule has 148 valence electrons. The molecule has 6 nitrogen and oxygen atoms in total. The van der Waals surface area contributed by atoms with Crippen molar-refractivity contribution in [1.82, 2.24) is 10.6 Å². The van der Waals surface area contributed by atoms with E-state index in [1.54, 1.807) is 7.11 Å². The molecule has 2 N–H and O–H groups in total. The molecule has 1 aliphatic heterocycles. The summed E-state index contributed by atoms with van der Waals surface area (Å²) in [7, 11) is 1.63. The fourth-order valence-electron chi connectivity index (χ4n) is 2.74. The molecule has 0 radical (unpaired) electrons. The molecule has 1 heterocycles. The number of morpholine rings is 1. The summed E-state index contributed by atoms with van der Waals surface area (Å²) in [5, 5.41) is 6.18. The Bertz CT molecular complexity index is 550. The van der Waals surface area contributed by atoms with Crippen LogP contribution >= 0.6 is 12.4 Å². The highest BCUT2D eigenvalue weighted by molar-refractivity contribution is 5.85. The molecule has 0 saturated carbocycles. The standard InChI is InChI=1S/C19H30N2O4.ClH/c1-4-5-6-10-25-17-8-7-15(12-18(17)23-3)14(2)21-19(22)16-13-24-11-9-20-16;/h7-8,12,14,16,20H,4-6,9-11,13H2,1-3H3,(H,21,22);1H. The van der Waals surface area contributed by atoms with E-state index >= 15 is 0 Å². The largest absolute Gasteiger partial charge is 0.493 e. The summed E-state index contributed by atoms with van der Waals surface area (Å²) < 4.78 is 16.6. The number of hydrogen-bond donors (Lipinski definition) is 2. The zero-order valence-electron chi connectivity index (χ0n) is 15.9. The quantitative estimate of drug-likeness (QED) is 0.639. The second kappa shape index (κ2) is 12.0. The first-order chi connectivity index (χ1) is 12.2. The second-order valence-corrected chi connectivity index (χ2v) is 6.28. The zero-order valence-corrected chi connectivity index (χ0v) is 16.7. The Hall–Kier alpha value is -1.50. The monoisotopic (exact) mass is 386 g/mol. The maximum Gasteiger partial charge on any atom is 0.240 e. The van der Waals surface area contributed by atoms with Crippen LogP contribution < -0.4 is 20.1 Å². The lowest BCUT2D eigenvalue weighted by atomic mass is 10.1. The van der Waals surface area contributed by atoms with Gasteiger partial charge >= 0.3 is 0 Å². The Labute approximate surface area is 162 Å². The summed E-state index contributed by atoms with van der Waals surface area (Å²) in [6, 6.07) is 5.38. The Morgan fingerprint density at radius 1 is 1.38 bits per heavy atom. The molecule has 2 atom stereocenters. The average molecular weight is 387 g/mol. The predicted molar refractivity (Wildman–Crippen MR) is 104 cm³/mol. The number of benzene rings is 1. The van der Waals surface area contributed by atoms with Gasteiger partial charge < -0.3 is 24.8 Å². The van der Waals surface area contributed by atoms with Crippen molar-refractivity contribution in [2.75, 3.05) is 33.5 Å². The number of amides is 1. The number of carbonyl (C=O) groups excluding carboxylic acids is 1. The van der Waals surface area contributed by atoms with E-state index in [2.05, 4.69) is 17.6 Å². The molecule has 0 spiro atoms. The molecule has 1 saturated heterocycles. The summed E-state index contributed by atoms with van der Waals surface area (Å²) in [5.74, 6) is 1.38. The molecule has 1 amide bonds. The number of rotatable bonds is 9. The number of nitrogens with one attached hydrogen (secondary N) is 2. The smallest absolute Gasteiger partial charge is 0.240 e. The van der Waals surface area contributed by atoms with Crippen LogP contribution in [0, 0.1) is 0 Å². The number of carbonyl (C=O) groups is 1. The highest BCUT2D eigenvalue weighted by Crippen LogP contribution is 2.30. The number of ether oxygens (including phenoxy) is 3. The van der Waals surface area contributed by atoms with E-state index in [4.69, 9.17) is 14.2 Å². The van der Waals surface area contributed by atoms with Crippen LogP contribution in [0.5, 0.6) is 11.5 Å². The number of hydrogen-bond acceptors (Lipinski definition) is 5. The van der Waals surface area contributed by atoms with E-state index in [1.807, 2.05) is 25.1 Å². The summed E-state index contributed by atoms with van der Waals surface area (Å²) in [6.45, 7) is 6.56. The number of unbranched alkanes of at least 4 members (excludes halogenated alkanes) is 2. The summed E-state index contributed by atoms with van der Waals surface area (Å²) >= 11 is 0. The van der Waals surface area contributed by atoms with E-state index in [1.165, 1.54) is 0 Å². The second-order valence-electron chi connectivity index (χ2n) is 6.28. The van der Waals surface area contributed by atoms with E-state index in [-0.39, 0.29) is 30.4 Å². The van der Waals surface area contributed by atoms with Crippen LogP contribution in [0.3, 0.4) is 0 Å². The third kappa shape index (κ3) is 6.67. The Kier molecular flexibility index (Phi) is 10.4. The number of halogens is 1. The van der Waals surface area contributed by atoms with Crippen LogP contribution in [-0.4, -0.2) is 45.4 Å². The van der Waals surface area contributed by atoms with Crippen molar-refractivity contribution in [3.05, 3.63) is 23.8 Å². The molecule has 2 unspecified atom stereocenters. The van der Waals surface area contributed by atoms with Gasteiger partial charge in [0.25, 0.3) is 0 Å². The first-order valence-electron chi connectivity index (χ1n) is 9.08. The topological polar surface area (TPSA) is 68.8 Å². The van der Waals surface area contributed by atoms with Crippen molar-refractivity contribution in [3.8, 4) is 11.5 Å². The highest BCUT2D eigenvalue weighted by atomic mass is 35.5. The zero-order chi connectivity index (χ0) is 18.1. The van der Waals surface area contributed by atoms with Gasteiger partial charge in [-0.15, -0.1) is 12.4 Å². The van der Waals surface area contributed by atoms with Crippen molar-refractivity contribution >= 4 is 18.3 Å². The molecule has 7 heteroatoms.